The van der Waals surface area contributed by atoms with Crippen LogP contribution in [0.25, 0.3) is 0 Å². The monoisotopic (exact) mass is 292 g/mol. The van der Waals surface area contributed by atoms with Gasteiger partial charge in [-0.1, -0.05) is 0 Å². The van der Waals surface area contributed by atoms with E-state index in [9.17, 15) is 9.18 Å². The fourth-order valence-corrected chi connectivity index (χ4v) is 3.34. The standard InChI is InChI=1S/C16H21FN2O2/c1-19-6-4-11-8-16(20)18-14-9-13(17)2-3-15(14)21-7-5-12(11)10-19/h2-3,9,11-12H,4-8,10H2,1H3,(H,18,20)/t11-,12-/m0/s1. The van der Waals surface area contributed by atoms with Gasteiger partial charge in [0.25, 0.3) is 0 Å². The summed E-state index contributed by atoms with van der Waals surface area (Å²) in [7, 11) is 2.12. The fourth-order valence-electron chi connectivity index (χ4n) is 3.34. The van der Waals surface area contributed by atoms with Gasteiger partial charge in [0.1, 0.15) is 11.6 Å². The highest BCUT2D eigenvalue weighted by atomic mass is 19.1. The highest BCUT2D eigenvalue weighted by Gasteiger charge is 2.30. The van der Waals surface area contributed by atoms with E-state index in [-0.39, 0.29) is 11.7 Å². The minimum Gasteiger partial charge on any atom is -0.491 e. The molecule has 0 unspecified atom stereocenters. The number of piperidine rings is 1. The van der Waals surface area contributed by atoms with E-state index in [1.807, 2.05) is 0 Å². The van der Waals surface area contributed by atoms with E-state index in [2.05, 4.69) is 17.3 Å². The molecule has 0 aromatic heterocycles. The van der Waals surface area contributed by atoms with Crippen molar-refractivity contribution in [1.29, 1.82) is 0 Å². The number of amides is 1. The molecule has 2 heterocycles. The lowest BCUT2D eigenvalue weighted by atomic mass is 9.81. The van der Waals surface area contributed by atoms with Crippen molar-refractivity contribution < 1.29 is 13.9 Å². The maximum Gasteiger partial charge on any atom is 0.224 e. The Labute approximate surface area is 124 Å². The van der Waals surface area contributed by atoms with Crippen LogP contribution >= 0.6 is 0 Å². The second-order valence-corrected chi connectivity index (χ2v) is 6.10. The number of hydrogen-bond donors (Lipinski definition) is 1. The fraction of sp³-hybridized carbons (Fsp3) is 0.562. The first-order valence-corrected chi connectivity index (χ1v) is 7.52. The highest BCUT2D eigenvalue weighted by molar-refractivity contribution is 5.92. The number of carbonyl (C=O) groups is 1. The summed E-state index contributed by atoms with van der Waals surface area (Å²) in [6.07, 6.45) is 2.47. The zero-order valence-electron chi connectivity index (χ0n) is 12.3. The number of ether oxygens (including phenoxy) is 1. The van der Waals surface area contributed by atoms with Crippen LogP contribution in [-0.2, 0) is 4.79 Å². The predicted octanol–water partition coefficient (Wildman–Crippen LogP) is 2.50. The van der Waals surface area contributed by atoms with Gasteiger partial charge >= 0.3 is 0 Å². The van der Waals surface area contributed by atoms with Crippen LogP contribution in [0.1, 0.15) is 19.3 Å². The summed E-state index contributed by atoms with van der Waals surface area (Å²) in [5.74, 6) is 1.00. The lowest BCUT2D eigenvalue weighted by Crippen LogP contribution is -2.40. The maximum atomic E-state index is 13.3. The van der Waals surface area contributed by atoms with E-state index in [1.54, 1.807) is 6.07 Å². The van der Waals surface area contributed by atoms with Crippen LogP contribution in [0.2, 0.25) is 0 Å². The predicted molar refractivity (Wildman–Crippen MR) is 78.9 cm³/mol. The molecule has 1 N–H and O–H groups in total. The second kappa shape index (κ2) is 6.02. The zero-order valence-corrected chi connectivity index (χ0v) is 12.3. The Hall–Kier alpha value is -1.62. The third-order valence-electron chi connectivity index (χ3n) is 4.50. The second-order valence-electron chi connectivity index (χ2n) is 6.10. The lowest BCUT2D eigenvalue weighted by molar-refractivity contribution is -0.118. The number of halogens is 1. The van der Waals surface area contributed by atoms with Gasteiger partial charge in [-0.05, 0) is 50.4 Å². The van der Waals surface area contributed by atoms with Crippen LogP contribution in [0.15, 0.2) is 18.2 Å². The molecule has 0 spiro atoms. The SMILES string of the molecule is CN1CC[C@H]2CC(=O)Nc3cc(F)ccc3OCC[C@H]2C1. The average Bonchev–Trinajstić information content (AvgIpc) is 2.43. The number of hydrogen-bond acceptors (Lipinski definition) is 3. The normalized spacial score (nSPS) is 27.0. The molecule has 1 aromatic carbocycles. The Morgan fingerprint density at radius 2 is 2.19 bits per heavy atom. The molecule has 0 aliphatic carbocycles. The van der Waals surface area contributed by atoms with Gasteiger partial charge in [-0.25, -0.2) is 4.39 Å². The molecule has 3 rings (SSSR count). The molecule has 21 heavy (non-hydrogen) atoms. The van der Waals surface area contributed by atoms with Crippen LogP contribution in [0.5, 0.6) is 5.75 Å². The van der Waals surface area contributed by atoms with Crippen molar-refractivity contribution in [3.05, 3.63) is 24.0 Å². The lowest BCUT2D eigenvalue weighted by Gasteiger charge is -2.37. The van der Waals surface area contributed by atoms with Crippen molar-refractivity contribution in [1.82, 2.24) is 4.90 Å². The highest BCUT2D eigenvalue weighted by Crippen LogP contribution is 2.32. The van der Waals surface area contributed by atoms with Gasteiger partial charge in [0.05, 0.1) is 12.3 Å². The summed E-state index contributed by atoms with van der Waals surface area (Å²) >= 11 is 0. The minimum atomic E-state index is -0.369. The van der Waals surface area contributed by atoms with Crippen LogP contribution in [0.4, 0.5) is 10.1 Å². The summed E-state index contributed by atoms with van der Waals surface area (Å²) in [5.41, 5.74) is 0.436. The van der Waals surface area contributed by atoms with Crippen LogP contribution in [-0.4, -0.2) is 37.6 Å². The molecule has 0 bridgehead atoms. The van der Waals surface area contributed by atoms with Crippen molar-refractivity contribution in [3.8, 4) is 5.75 Å². The first-order chi connectivity index (χ1) is 10.1. The van der Waals surface area contributed by atoms with Crippen molar-refractivity contribution in [2.24, 2.45) is 11.8 Å². The third kappa shape index (κ3) is 3.35. The number of benzene rings is 1. The molecule has 2 aliphatic rings. The largest absolute Gasteiger partial charge is 0.491 e. The Bertz CT molecular complexity index is 535. The maximum absolute atomic E-state index is 13.3. The third-order valence-corrected chi connectivity index (χ3v) is 4.50. The summed E-state index contributed by atoms with van der Waals surface area (Å²) < 4.78 is 19.1. The van der Waals surface area contributed by atoms with Gasteiger partial charge in [0.15, 0.2) is 0 Å². The number of likely N-dealkylation sites (tertiary alicyclic amines) is 1. The molecule has 0 radical (unpaired) electrons. The number of nitrogens with one attached hydrogen (secondary N) is 1. The molecule has 114 valence electrons. The first-order valence-electron chi connectivity index (χ1n) is 7.52. The van der Waals surface area contributed by atoms with Gasteiger partial charge < -0.3 is 15.0 Å². The van der Waals surface area contributed by atoms with Crippen molar-refractivity contribution >= 4 is 11.6 Å². The zero-order chi connectivity index (χ0) is 14.8. The Morgan fingerprint density at radius 1 is 1.33 bits per heavy atom. The number of rotatable bonds is 0. The summed E-state index contributed by atoms with van der Waals surface area (Å²) in [6, 6.07) is 4.26. The summed E-state index contributed by atoms with van der Waals surface area (Å²) in [4.78, 5) is 14.5. The van der Waals surface area contributed by atoms with Gasteiger partial charge in [-0.2, -0.15) is 0 Å². The minimum absolute atomic E-state index is 0.0492. The first kappa shape index (κ1) is 14.3. The van der Waals surface area contributed by atoms with E-state index in [0.717, 1.165) is 25.9 Å². The Kier molecular flexibility index (Phi) is 4.10. The smallest absolute Gasteiger partial charge is 0.224 e. The van der Waals surface area contributed by atoms with E-state index >= 15 is 0 Å². The van der Waals surface area contributed by atoms with Crippen LogP contribution in [0, 0.1) is 17.7 Å². The molecule has 1 aromatic rings. The molecule has 5 heteroatoms. The van der Waals surface area contributed by atoms with E-state index in [0.29, 0.717) is 36.3 Å². The van der Waals surface area contributed by atoms with Crippen molar-refractivity contribution in [2.75, 3.05) is 32.1 Å². The number of carbonyl (C=O) groups excluding carboxylic acids is 1. The Balaban J connectivity index is 1.81. The van der Waals surface area contributed by atoms with Crippen molar-refractivity contribution in [2.45, 2.75) is 19.3 Å². The molecule has 2 aliphatic heterocycles. The molecule has 1 fully saturated rings. The number of nitrogens with zero attached hydrogens (tertiary/aromatic N) is 1. The summed E-state index contributed by atoms with van der Waals surface area (Å²) in [6.45, 7) is 2.64. The van der Waals surface area contributed by atoms with E-state index < -0.39 is 0 Å². The van der Waals surface area contributed by atoms with Gasteiger partial charge in [-0.3, -0.25) is 4.79 Å². The number of fused-ring (bicyclic) bond motifs is 2. The van der Waals surface area contributed by atoms with Gasteiger partial charge in [0.2, 0.25) is 5.91 Å². The van der Waals surface area contributed by atoms with Crippen LogP contribution in [0.3, 0.4) is 0 Å². The molecular weight excluding hydrogens is 271 g/mol. The van der Waals surface area contributed by atoms with E-state index in [1.165, 1.54) is 12.1 Å². The quantitative estimate of drug-likeness (QED) is 0.799. The molecule has 0 saturated carbocycles. The molecule has 1 saturated heterocycles. The molecular formula is C16H21FN2O2. The average molecular weight is 292 g/mol. The Morgan fingerprint density at radius 3 is 3.05 bits per heavy atom. The molecule has 1 amide bonds. The van der Waals surface area contributed by atoms with Gasteiger partial charge in [0, 0.05) is 19.0 Å². The van der Waals surface area contributed by atoms with Crippen LogP contribution < -0.4 is 10.1 Å². The number of anilines is 1. The van der Waals surface area contributed by atoms with Crippen molar-refractivity contribution in [3.63, 3.8) is 0 Å². The molecule has 4 nitrogen and oxygen atoms in total. The topological polar surface area (TPSA) is 41.6 Å². The summed E-state index contributed by atoms with van der Waals surface area (Å²) in [5, 5.41) is 2.80. The van der Waals surface area contributed by atoms with Gasteiger partial charge in [-0.15, -0.1) is 0 Å². The molecule has 2 atom stereocenters. The van der Waals surface area contributed by atoms with E-state index in [4.69, 9.17) is 4.74 Å².